The molecule has 4 aromatic rings. The number of fused-ring (bicyclic) bond motifs is 3. The zero-order chi connectivity index (χ0) is 17.4. The molecular formula is C18H17N5O2. The summed E-state index contributed by atoms with van der Waals surface area (Å²) in [6.45, 7) is 2.14. The van der Waals surface area contributed by atoms with Crippen LogP contribution in [0.3, 0.4) is 0 Å². The van der Waals surface area contributed by atoms with Gasteiger partial charge in [0.25, 0.3) is 0 Å². The molecule has 0 aliphatic heterocycles. The summed E-state index contributed by atoms with van der Waals surface area (Å²) in [6, 6.07) is 9.68. The van der Waals surface area contributed by atoms with Crippen molar-refractivity contribution in [3.05, 3.63) is 48.3 Å². The number of H-pyrrole nitrogens is 1. The summed E-state index contributed by atoms with van der Waals surface area (Å²) in [5.74, 6) is 0.361. The highest BCUT2D eigenvalue weighted by Crippen LogP contribution is 2.27. The number of rotatable bonds is 4. The van der Waals surface area contributed by atoms with Gasteiger partial charge in [-0.05, 0) is 31.2 Å². The topological polar surface area (TPSA) is 84.3 Å². The van der Waals surface area contributed by atoms with Gasteiger partial charge in [-0.15, -0.1) is 0 Å². The fraction of sp³-hybridized carbons (Fsp3) is 0.167. The van der Waals surface area contributed by atoms with Crippen molar-refractivity contribution in [2.75, 3.05) is 19.0 Å². The molecule has 0 aliphatic rings. The van der Waals surface area contributed by atoms with Crippen molar-refractivity contribution in [2.24, 2.45) is 0 Å². The molecule has 0 unspecified atom stereocenters. The Morgan fingerprint density at radius 1 is 1.28 bits per heavy atom. The first-order valence-electron chi connectivity index (χ1n) is 8.01. The summed E-state index contributed by atoms with van der Waals surface area (Å²) >= 11 is 0. The number of aromatic nitrogens is 4. The molecule has 0 bridgehead atoms. The van der Waals surface area contributed by atoms with E-state index >= 15 is 0 Å². The van der Waals surface area contributed by atoms with Gasteiger partial charge in [-0.3, -0.25) is 5.10 Å². The second-order valence-corrected chi connectivity index (χ2v) is 5.59. The number of benzene rings is 1. The van der Waals surface area contributed by atoms with Gasteiger partial charge >= 0.3 is 5.97 Å². The van der Waals surface area contributed by atoms with Gasteiger partial charge < -0.3 is 14.5 Å². The summed E-state index contributed by atoms with van der Waals surface area (Å²) in [6.07, 6.45) is 3.50. The molecule has 0 saturated carbocycles. The van der Waals surface area contributed by atoms with Crippen LogP contribution in [0.15, 0.2) is 42.7 Å². The molecule has 0 radical (unpaired) electrons. The third-order valence-corrected chi connectivity index (χ3v) is 4.09. The lowest BCUT2D eigenvalue weighted by Crippen LogP contribution is -2.02. The Kier molecular flexibility index (Phi) is 3.61. The first-order valence-corrected chi connectivity index (χ1v) is 8.01. The van der Waals surface area contributed by atoms with Crippen molar-refractivity contribution in [3.63, 3.8) is 0 Å². The van der Waals surface area contributed by atoms with Crippen LogP contribution in [0, 0.1) is 0 Å². The van der Waals surface area contributed by atoms with Gasteiger partial charge in [-0.1, -0.05) is 6.07 Å². The minimum atomic E-state index is -0.338. The smallest absolute Gasteiger partial charge is 0.339 e. The zero-order valence-corrected chi connectivity index (χ0v) is 13.9. The largest absolute Gasteiger partial charge is 0.462 e. The summed E-state index contributed by atoms with van der Waals surface area (Å²) in [5, 5.41) is 10.0. The fourth-order valence-electron chi connectivity index (χ4n) is 2.93. The van der Waals surface area contributed by atoms with Crippen LogP contribution in [0.25, 0.3) is 27.8 Å². The van der Waals surface area contributed by atoms with E-state index in [0.29, 0.717) is 18.0 Å². The lowest BCUT2D eigenvalue weighted by Gasteiger charge is -2.08. The van der Waals surface area contributed by atoms with E-state index in [9.17, 15) is 4.79 Å². The van der Waals surface area contributed by atoms with Gasteiger partial charge in [-0.25, -0.2) is 9.78 Å². The SMILES string of the molecule is CCOC(=O)c1cc2c(NC)nc3cc(-c4ccn[nH]4)ccc3n2c1. The third-order valence-electron chi connectivity index (χ3n) is 4.09. The van der Waals surface area contributed by atoms with Gasteiger partial charge in [-0.2, -0.15) is 5.10 Å². The lowest BCUT2D eigenvalue weighted by atomic mass is 10.1. The molecule has 2 N–H and O–H groups in total. The zero-order valence-electron chi connectivity index (χ0n) is 13.9. The highest BCUT2D eigenvalue weighted by molar-refractivity contribution is 5.95. The summed E-state index contributed by atoms with van der Waals surface area (Å²) in [4.78, 5) is 16.8. The van der Waals surface area contributed by atoms with Gasteiger partial charge in [0.05, 0.1) is 34.4 Å². The van der Waals surface area contributed by atoms with E-state index in [2.05, 4.69) is 15.5 Å². The molecule has 4 rings (SSSR count). The van der Waals surface area contributed by atoms with Gasteiger partial charge in [0.15, 0.2) is 5.82 Å². The number of carbonyl (C=O) groups excluding carboxylic acids is 1. The molecule has 7 nitrogen and oxygen atoms in total. The van der Waals surface area contributed by atoms with E-state index in [1.807, 2.05) is 35.7 Å². The molecule has 25 heavy (non-hydrogen) atoms. The predicted octanol–water partition coefficient (Wildman–Crippen LogP) is 3.10. The summed E-state index contributed by atoms with van der Waals surface area (Å²) < 4.78 is 7.06. The second kappa shape index (κ2) is 5.94. The minimum absolute atomic E-state index is 0.338. The number of anilines is 1. The number of nitrogens with zero attached hydrogens (tertiary/aromatic N) is 3. The number of hydrogen-bond donors (Lipinski definition) is 2. The minimum Gasteiger partial charge on any atom is -0.462 e. The van der Waals surface area contributed by atoms with E-state index in [-0.39, 0.29) is 5.97 Å². The first-order chi connectivity index (χ1) is 12.2. The molecule has 0 saturated heterocycles. The molecular weight excluding hydrogens is 318 g/mol. The van der Waals surface area contributed by atoms with Gasteiger partial charge in [0.1, 0.15) is 0 Å². The van der Waals surface area contributed by atoms with Crippen molar-refractivity contribution in [1.82, 2.24) is 19.6 Å². The standard InChI is InChI=1S/C18H17N5O2/c1-3-25-18(24)12-9-16-17(19-2)21-14-8-11(13-6-7-20-22-13)4-5-15(14)23(16)10-12/h4-10H,3H2,1-2H3,(H,19,21)(H,20,22). The highest BCUT2D eigenvalue weighted by atomic mass is 16.5. The van der Waals surface area contributed by atoms with E-state index in [1.54, 1.807) is 25.4 Å². The van der Waals surface area contributed by atoms with Crippen molar-refractivity contribution >= 4 is 28.3 Å². The molecule has 3 aromatic heterocycles. The van der Waals surface area contributed by atoms with E-state index < -0.39 is 0 Å². The number of aromatic amines is 1. The van der Waals surface area contributed by atoms with E-state index in [1.165, 1.54) is 0 Å². The molecule has 3 heterocycles. The van der Waals surface area contributed by atoms with E-state index in [4.69, 9.17) is 9.72 Å². The molecule has 0 atom stereocenters. The van der Waals surface area contributed by atoms with Crippen molar-refractivity contribution in [3.8, 4) is 11.3 Å². The molecule has 0 amide bonds. The maximum atomic E-state index is 12.1. The van der Waals surface area contributed by atoms with Crippen LogP contribution in [0.1, 0.15) is 17.3 Å². The Morgan fingerprint density at radius 3 is 2.88 bits per heavy atom. The monoisotopic (exact) mass is 335 g/mol. The highest BCUT2D eigenvalue weighted by Gasteiger charge is 2.15. The maximum Gasteiger partial charge on any atom is 0.339 e. The Balaban J connectivity index is 1.94. The average molecular weight is 335 g/mol. The van der Waals surface area contributed by atoms with Crippen LogP contribution in [-0.2, 0) is 4.74 Å². The van der Waals surface area contributed by atoms with Crippen LogP contribution < -0.4 is 5.32 Å². The molecule has 0 spiro atoms. The second-order valence-electron chi connectivity index (χ2n) is 5.59. The molecule has 7 heteroatoms. The van der Waals surface area contributed by atoms with Crippen molar-refractivity contribution < 1.29 is 9.53 Å². The quantitative estimate of drug-likeness (QED) is 0.560. The number of esters is 1. The number of carbonyl (C=O) groups is 1. The lowest BCUT2D eigenvalue weighted by molar-refractivity contribution is 0.0526. The van der Waals surface area contributed by atoms with Crippen LogP contribution in [-0.4, -0.2) is 39.2 Å². The van der Waals surface area contributed by atoms with Crippen LogP contribution >= 0.6 is 0 Å². The van der Waals surface area contributed by atoms with Gasteiger partial charge in [0.2, 0.25) is 0 Å². The molecule has 0 aliphatic carbocycles. The van der Waals surface area contributed by atoms with Crippen molar-refractivity contribution in [2.45, 2.75) is 6.92 Å². The number of nitrogens with one attached hydrogen (secondary N) is 2. The molecule has 0 fully saturated rings. The summed E-state index contributed by atoms with van der Waals surface area (Å²) in [7, 11) is 1.81. The average Bonchev–Trinajstić information content (AvgIpc) is 3.30. The van der Waals surface area contributed by atoms with Crippen LogP contribution in [0.5, 0.6) is 0 Å². The van der Waals surface area contributed by atoms with E-state index in [0.717, 1.165) is 27.8 Å². The van der Waals surface area contributed by atoms with Gasteiger partial charge in [0, 0.05) is 25.0 Å². The molecule has 1 aromatic carbocycles. The van der Waals surface area contributed by atoms with Crippen LogP contribution in [0.4, 0.5) is 5.82 Å². The van der Waals surface area contributed by atoms with Crippen molar-refractivity contribution in [1.29, 1.82) is 0 Å². The Bertz CT molecular complexity index is 1070. The third kappa shape index (κ3) is 2.50. The normalized spacial score (nSPS) is 11.1. The van der Waals surface area contributed by atoms with Crippen LogP contribution in [0.2, 0.25) is 0 Å². The molecule has 126 valence electrons. The number of ether oxygens (including phenoxy) is 1. The Labute approximate surface area is 143 Å². The fourth-order valence-corrected chi connectivity index (χ4v) is 2.93. The number of hydrogen-bond acceptors (Lipinski definition) is 5. The Morgan fingerprint density at radius 2 is 2.16 bits per heavy atom. The Hall–Kier alpha value is -3.35. The first kappa shape index (κ1) is 15.2. The predicted molar refractivity (Wildman–Crippen MR) is 95.8 cm³/mol. The summed E-state index contributed by atoms with van der Waals surface area (Å²) in [5.41, 5.74) is 4.98. The maximum absolute atomic E-state index is 12.1.